The van der Waals surface area contributed by atoms with Crippen LogP contribution >= 0.6 is 24.8 Å². The van der Waals surface area contributed by atoms with E-state index < -0.39 is 0 Å². The van der Waals surface area contributed by atoms with E-state index in [0.29, 0.717) is 13.0 Å². The van der Waals surface area contributed by atoms with E-state index in [4.69, 9.17) is 4.74 Å². The number of carbonyl (C=O) groups excluding carboxylic acids is 1. The molecule has 1 saturated heterocycles. The van der Waals surface area contributed by atoms with Crippen LogP contribution in [0.1, 0.15) is 19.8 Å². The van der Waals surface area contributed by atoms with Gasteiger partial charge in [0.15, 0.2) is 0 Å². The zero-order valence-electron chi connectivity index (χ0n) is 9.74. The molecular formula is C10H22Cl2N2O2. The van der Waals surface area contributed by atoms with Crippen LogP contribution in [-0.4, -0.2) is 50.2 Å². The zero-order chi connectivity index (χ0) is 10.2. The minimum atomic E-state index is -0.0670. The Hall–Kier alpha value is -0.0300. The molecule has 0 bridgehead atoms. The van der Waals surface area contributed by atoms with Gasteiger partial charge >= 0.3 is 5.97 Å². The van der Waals surface area contributed by atoms with Gasteiger partial charge in [-0.3, -0.25) is 4.79 Å². The summed E-state index contributed by atoms with van der Waals surface area (Å²) in [5, 5.41) is 3.30. The summed E-state index contributed by atoms with van der Waals surface area (Å²) < 4.78 is 4.86. The molecule has 1 aliphatic heterocycles. The fraction of sp³-hybridized carbons (Fsp3) is 0.900. The number of carbonyl (C=O) groups is 1. The van der Waals surface area contributed by atoms with E-state index in [0.717, 1.165) is 39.1 Å². The number of nitrogens with zero attached hydrogens (tertiary/aromatic N) is 1. The van der Waals surface area contributed by atoms with Crippen LogP contribution in [0.4, 0.5) is 0 Å². The Balaban J connectivity index is 0. The Kier molecular flexibility index (Phi) is 13.1. The number of halogens is 2. The van der Waals surface area contributed by atoms with Crippen molar-refractivity contribution in [2.24, 2.45) is 0 Å². The van der Waals surface area contributed by atoms with Crippen LogP contribution in [0.2, 0.25) is 0 Å². The second-order valence-corrected chi connectivity index (χ2v) is 3.50. The first-order chi connectivity index (χ1) is 6.83. The summed E-state index contributed by atoms with van der Waals surface area (Å²) in [7, 11) is 0. The molecule has 0 saturated carbocycles. The van der Waals surface area contributed by atoms with Gasteiger partial charge < -0.3 is 15.0 Å². The maximum atomic E-state index is 11.0. The standard InChI is InChI=1S/C10H20N2O2.2ClH/c1-2-14-10(13)4-3-7-12-8-5-11-6-9-12;;/h11H,2-9H2,1H3;2*1H. The van der Waals surface area contributed by atoms with E-state index >= 15 is 0 Å². The molecule has 0 aliphatic carbocycles. The van der Waals surface area contributed by atoms with Gasteiger partial charge in [0.1, 0.15) is 0 Å². The van der Waals surface area contributed by atoms with Crippen LogP contribution in [0.5, 0.6) is 0 Å². The number of ether oxygens (including phenoxy) is 1. The molecule has 0 amide bonds. The third-order valence-corrected chi connectivity index (χ3v) is 2.37. The molecule has 0 spiro atoms. The lowest BCUT2D eigenvalue weighted by atomic mass is 10.2. The van der Waals surface area contributed by atoms with Crippen molar-refractivity contribution in [3.8, 4) is 0 Å². The summed E-state index contributed by atoms with van der Waals surface area (Å²) in [6.07, 6.45) is 1.47. The Morgan fingerprint density at radius 3 is 2.50 bits per heavy atom. The normalized spacial score (nSPS) is 15.8. The molecular weight excluding hydrogens is 251 g/mol. The van der Waals surface area contributed by atoms with Gasteiger partial charge in [0.2, 0.25) is 0 Å². The van der Waals surface area contributed by atoms with Gasteiger partial charge in [0.25, 0.3) is 0 Å². The van der Waals surface area contributed by atoms with Gasteiger partial charge in [-0.15, -0.1) is 24.8 Å². The summed E-state index contributed by atoms with van der Waals surface area (Å²) in [4.78, 5) is 13.4. The molecule has 4 nitrogen and oxygen atoms in total. The van der Waals surface area contributed by atoms with Gasteiger partial charge in [0.05, 0.1) is 6.61 Å². The lowest BCUT2D eigenvalue weighted by molar-refractivity contribution is -0.143. The summed E-state index contributed by atoms with van der Waals surface area (Å²) in [5.74, 6) is -0.0670. The lowest BCUT2D eigenvalue weighted by Crippen LogP contribution is -2.43. The van der Waals surface area contributed by atoms with Crippen molar-refractivity contribution >= 4 is 30.8 Å². The van der Waals surface area contributed by atoms with Gasteiger partial charge in [-0.25, -0.2) is 0 Å². The van der Waals surface area contributed by atoms with E-state index in [-0.39, 0.29) is 30.8 Å². The molecule has 1 N–H and O–H groups in total. The Morgan fingerprint density at radius 1 is 1.31 bits per heavy atom. The van der Waals surface area contributed by atoms with Crippen LogP contribution < -0.4 is 5.32 Å². The Labute approximate surface area is 110 Å². The highest BCUT2D eigenvalue weighted by Crippen LogP contribution is 1.98. The number of piperazine rings is 1. The first-order valence-corrected chi connectivity index (χ1v) is 5.41. The quantitative estimate of drug-likeness (QED) is 0.761. The van der Waals surface area contributed by atoms with E-state index in [2.05, 4.69) is 10.2 Å². The van der Waals surface area contributed by atoms with Crippen molar-refractivity contribution < 1.29 is 9.53 Å². The highest BCUT2D eigenvalue weighted by Gasteiger charge is 2.09. The molecule has 0 radical (unpaired) electrons. The summed E-state index contributed by atoms with van der Waals surface area (Å²) in [6, 6.07) is 0. The van der Waals surface area contributed by atoms with Crippen molar-refractivity contribution in [1.82, 2.24) is 10.2 Å². The van der Waals surface area contributed by atoms with E-state index in [1.165, 1.54) is 0 Å². The Bertz CT molecular complexity index is 176. The van der Waals surface area contributed by atoms with E-state index in [9.17, 15) is 4.79 Å². The molecule has 0 unspecified atom stereocenters. The SMILES string of the molecule is CCOC(=O)CCCN1CCNCC1.Cl.Cl. The van der Waals surface area contributed by atoms with E-state index in [1.54, 1.807) is 0 Å². The van der Waals surface area contributed by atoms with Crippen LogP contribution in [0, 0.1) is 0 Å². The molecule has 1 aliphatic rings. The predicted octanol–water partition coefficient (Wildman–Crippen LogP) is 1.08. The number of esters is 1. The first-order valence-electron chi connectivity index (χ1n) is 5.41. The molecule has 6 heteroatoms. The zero-order valence-corrected chi connectivity index (χ0v) is 11.4. The lowest BCUT2D eigenvalue weighted by Gasteiger charge is -2.26. The minimum Gasteiger partial charge on any atom is -0.466 e. The minimum absolute atomic E-state index is 0. The summed E-state index contributed by atoms with van der Waals surface area (Å²) >= 11 is 0. The van der Waals surface area contributed by atoms with Gasteiger partial charge in [0, 0.05) is 32.6 Å². The number of hydrogen-bond acceptors (Lipinski definition) is 4. The number of hydrogen-bond donors (Lipinski definition) is 1. The molecule has 0 aromatic carbocycles. The van der Waals surface area contributed by atoms with Gasteiger partial charge in [-0.1, -0.05) is 0 Å². The second-order valence-electron chi connectivity index (χ2n) is 3.50. The maximum Gasteiger partial charge on any atom is 0.305 e. The van der Waals surface area contributed by atoms with Crippen molar-refractivity contribution in [2.45, 2.75) is 19.8 Å². The maximum absolute atomic E-state index is 11.0. The average Bonchev–Trinajstić information content (AvgIpc) is 2.20. The fourth-order valence-corrected chi connectivity index (χ4v) is 1.61. The molecule has 1 heterocycles. The van der Waals surface area contributed by atoms with E-state index in [1.807, 2.05) is 6.92 Å². The summed E-state index contributed by atoms with van der Waals surface area (Å²) in [6.45, 7) is 7.69. The topological polar surface area (TPSA) is 41.6 Å². The van der Waals surface area contributed by atoms with Gasteiger partial charge in [-0.2, -0.15) is 0 Å². The molecule has 98 valence electrons. The molecule has 0 aromatic rings. The monoisotopic (exact) mass is 272 g/mol. The van der Waals surface area contributed by atoms with Crippen LogP contribution in [0.3, 0.4) is 0 Å². The van der Waals surface area contributed by atoms with Crippen LogP contribution in [-0.2, 0) is 9.53 Å². The highest BCUT2D eigenvalue weighted by atomic mass is 35.5. The molecule has 0 atom stereocenters. The van der Waals surface area contributed by atoms with Crippen molar-refractivity contribution in [1.29, 1.82) is 0 Å². The number of rotatable bonds is 5. The van der Waals surface area contributed by atoms with Crippen molar-refractivity contribution in [2.75, 3.05) is 39.3 Å². The number of nitrogens with one attached hydrogen (secondary N) is 1. The molecule has 1 rings (SSSR count). The fourth-order valence-electron chi connectivity index (χ4n) is 1.61. The predicted molar refractivity (Wildman–Crippen MR) is 69.7 cm³/mol. The molecule has 1 fully saturated rings. The van der Waals surface area contributed by atoms with Crippen LogP contribution in [0.15, 0.2) is 0 Å². The third kappa shape index (κ3) is 8.16. The summed E-state index contributed by atoms with van der Waals surface area (Å²) in [5.41, 5.74) is 0. The van der Waals surface area contributed by atoms with Gasteiger partial charge in [-0.05, 0) is 19.9 Å². The first kappa shape index (κ1) is 18.3. The average molecular weight is 273 g/mol. The highest BCUT2D eigenvalue weighted by molar-refractivity contribution is 5.85. The third-order valence-electron chi connectivity index (χ3n) is 2.37. The Morgan fingerprint density at radius 2 is 1.94 bits per heavy atom. The largest absolute Gasteiger partial charge is 0.466 e. The van der Waals surface area contributed by atoms with Crippen molar-refractivity contribution in [3.63, 3.8) is 0 Å². The molecule has 0 aromatic heterocycles. The molecule has 16 heavy (non-hydrogen) atoms. The second kappa shape index (κ2) is 11.5. The smallest absolute Gasteiger partial charge is 0.305 e. The van der Waals surface area contributed by atoms with Crippen molar-refractivity contribution in [3.05, 3.63) is 0 Å². The van der Waals surface area contributed by atoms with Crippen LogP contribution in [0.25, 0.3) is 0 Å².